The number of ether oxygens (including phenoxy) is 1. The van der Waals surface area contributed by atoms with Crippen molar-refractivity contribution in [1.82, 2.24) is 19.6 Å². The van der Waals surface area contributed by atoms with Crippen LogP contribution in [0.25, 0.3) is 0 Å². The molecule has 1 saturated heterocycles. The summed E-state index contributed by atoms with van der Waals surface area (Å²) in [6.07, 6.45) is 3.43. The summed E-state index contributed by atoms with van der Waals surface area (Å²) in [5.41, 5.74) is 1.13. The van der Waals surface area contributed by atoms with Gasteiger partial charge in [0, 0.05) is 5.88 Å². The highest BCUT2D eigenvalue weighted by Gasteiger charge is 2.36. The molecule has 1 aromatic rings. The molecule has 2 aliphatic rings. The molecule has 3 rings (SSSR count). The van der Waals surface area contributed by atoms with Crippen LogP contribution in [0, 0.1) is 0 Å². The number of hydrogen-bond acceptors (Lipinski definition) is 6. The van der Waals surface area contributed by atoms with Crippen molar-refractivity contribution in [2.24, 2.45) is 0 Å². The van der Waals surface area contributed by atoms with Crippen LogP contribution in [0.5, 0.6) is 0 Å². The molecule has 0 unspecified atom stereocenters. The molecule has 0 bridgehead atoms. The molecule has 2 aliphatic heterocycles. The van der Waals surface area contributed by atoms with E-state index in [1.165, 1.54) is 0 Å². The van der Waals surface area contributed by atoms with Gasteiger partial charge in [-0.15, -0.1) is 11.8 Å². The van der Waals surface area contributed by atoms with Crippen molar-refractivity contribution in [3.8, 4) is 0 Å². The highest BCUT2D eigenvalue weighted by molar-refractivity contribution is 7.98. The molecule has 9 heteroatoms. The summed E-state index contributed by atoms with van der Waals surface area (Å²) in [5.74, 6) is 0.879. The molecule has 2 amide bonds. The van der Waals surface area contributed by atoms with Crippen molar-refractivity contribution in [1.29, 1.82) is 0 Å². The van der Waals surface area contributed by atoms with Crippen molar-refractivity contribution in [3.05, 3.63) is 11.9 Å². The highest BCUT2D eigenvalue weighted by Crippen LogP contribution is 2.30. The normalized spacial score (nSPS) is 21.3. The van der Waals surface area contributed by atoms with Crippen molar-refractivity contribution in [2.45, 2.75) is 52.4 Å². The molecule has 0 N–H and O–H groups in total. The van der Waals surface area contributed by atoms with Crippen LogP contribution in [0.1, 0.15) is 33.4 Å². The Kier molecular flexibility index (Phi) is 5.21. The molecule has 0 radical (unpaired) electrons. The lowest BCUT2D eigenvalue weighted by molar-refractivity contribution is -0.116. The van der Waals surface area contributed by atoms with Gasteiger partial charge in [-0.2, -0.15) is 5.10 Å². The molecule has 1 atom stereocenters. The summed E-state index contributed by atoms with van der Waals surface area (Å²) in [4.78, 5) is 30.6. The predicted molar refractivity (Wildman–Crippen MR) is 101 cm³/mol. The summed E-state index contributed by atoms with van der Waals surface area (Å²) in [6, 6.07) is -0.0210. The smallest absolute Gasteiger partial charge is 0.410 e. The number of amides is 2. The number of hydrogen-bond donors (Lipinski definition) is 0. The van der Waals surface area contributed by atoms with Crippen molar-refractivity contribution in [3.63, 3.8) is 0 Å². The Morgan fingerprint density at radius 3 is 2.77 bits per heavy atom. The van der Waals surface area contributed by atoms with Gasteiger partial charge < -0.3 is 4.74 Å². The van der Waals surface area contributed by atoms with Crippen LogP contribution in [-0.2, 0) is 22.6 Å². The van der Waals surface area contributed by atoms with Gasteiger partial charge in [0.1, 0.15) is 5.60 Å². The van der Waals surface area contributed by atoms with Crippen LogP contribution in [0.3, 0.4) is 0 Å². The standard InChI is InChI=1S/C17H27N5O3S/c1-12-7-22-14(8-20(12)16(24)25-17(2,3)4)13(6-18-22)21-10-19(11-26-5)9-15(21)23/h6,12H,7-11H2,1-5H3/t12-/m0/s1. The van der Waals surface area contributed by atoms with E-state index in [2.05, 4.69) is 10.00 Å². The molecular weight excluding hydrogens is 354 g/mol. The second kappa shape index (κ2) is 7.11. The lowest BCUT2D eigenvalue weighted by Crippen LogP contribution is -2.47. The molecule has 8 nitrogen and oxygen atoms in total. The molecule has 1 aromatic heterocycles. The van der Waals surface area contributed by atoms with Gasteiger partial charge >= 0.3 is 6.09 Å². The summed E-state index contributed by atoms with van der Waals surface area (Å²) >= 11 is 1.70. The maximum Gasteiger partial charge on any atom is 0.410 e. The van der Waals surface area contributed by atoms with Gasteiger partial charge in [-0.1, -0.05) is 0 Å². The first-order valence-corrected chi connectivity index (χ1v) is 10.1. The van der Waals surface area contributed by atoms with Crippen LogP contribution in [-0.4, -0.2) is 68.6 Å². The minimum absolute atomic E-state index is 0.0210. The molecule has 0 aromatic carbocycles. The Hall–Kier alpha value is -1.74. The summed E-state index contributed by atoms with van der Waals surface area (Å²) in [7, 11) is 0. The van der Waals surface area contributed by atoms with Gasteiger partial charge in [0.2, 0.25) is 5.91 Å². The van der Waals surface area contributed by atoms with Crippen molar-refractivity contribution < 1.29 is 14.3 Å². The van der Waals surface area contributed by atoms with Crippen molar-refractivity contribution in [2.75, 3.05) is 30.2 Å². The Balaban J connectivity index is 1.81. The summed E-state index contributed by atoms with van der Waals surface area (Å²) in [6.45, 7) is 9.51. The fourth-order valence-electron chi connectivity index (χ4n) is 3.26. The zero-order valence-corrected chi connectivity index (χ0v) is 16.9. The first-order chi connectivity index (χ1) is 12.2. The average Bonchev–Trinajstić information content (AvgIpc) is 3.07. The number of rotatable bonds is 3. The van der Waals surface area contributed by atoms with E-state index >= 15 is 0 Å². The van der Waals surface area contributed by atoms with E-state index < -0.39 is 5.60 Å². The average molecular weight is 382 g/mol. The minimum atomic E-state index is -0.541. The second-order valence-electron chi connectivity index (χ2n) is 7.83. The Morgan fingerprint density at radius 1 is 1.38 bits per heavy atom. The zero-order valence-electron chi connectivity index (χ0n) is 16.1. The van der Waals surface area contributed by atoms with Crippen LogP contribution >= 0.6 is 11.8 Å². The van der Waals surface area contributed by atoms with Gasteiger partial charge in [-0.25, -0.2) is 4.79 Å². The molecule has 0 aliphatic carbocycles. The third-order valence-corrected chi connectivity index (χ3v) is 5.07. The van der Waals surface area contributed by atoms with Crippen LogP contribution < -0.4 is 4.90 Å². The third kappa shape index (κ3) is 3.83. The first kappa shape index (κ1) is 19.0. The Bertz CT molecular complexity index is 699. The molecule has 144 valence electrons. The number of fused-ring (bicyclic) bond motifs is 1. The van der Waals surface area contributed by atoms with Crippen molar-refractivity contribution >= 4 is 29.4 Å². The third-order valence-electron chi connectivity index (χ3n) is 4.45. The number of anilines is 1. The predicted octanol–water partition coefficient (Wildman–Crippen LogP) is 1.95. The van der Waals surface area contributed by atoms with E-state index in [0.717, 1.165) is 17.3 Å². The van der Waals surface area contributed by atoms with Crippen LogP contribution in [0.2, 0.25) is 0 Å². The molecule has 26 heavy (non-hydrogen) atoms. The number of carbonyl (C=O) groups excluding carboxylic acids is 2. The van der Waals surface area contributed by atoms with E-state index in [4.69, 9.17) is 4.74 Å². The van der Waals surface area contributed by atoms with Crippen LogP contribution in [0.4, 0.5) is 10.5 Å². The van der Waals surface area contributed by atoms with E-state index in [0.29, 0.717) is 26.3 Å². The number of nitrogens with zero attached hydrogens (tertiary/aromatic N) is 5. The Morgan fingerprint density at radius 2 is 2.12 bits per heavy atom. The fourth-order valence-corrected chi connectivity index (χ4v) is 3.80. The maximum atomic E-state index is 12.6. The van der Waals surface area contributed by atoms with Gasteiger partial charge in [0.05, 0.1) is 49.9 Å². The molecule has 0 spiro atoms. The lowest BCUT2D eigenvalue weighted by Gasteiger charge is -2.36. The quantitative estimate of drug-likeness (QED) is 0.797. The first-order valence-electron chi connectivity index (χ1n) is 8.75. The monoisotopic (exact) mass is 381 g/mol. The number of carbonyl (C=O) groups is 2. The number of aromatic nitrogens is 2. The fraction of sp³-hybridized carbons (Fsp3) is 0.706. The van der Waals surface area contributed by atoms with Gasteiger partial charge in [0.25, 0.3) is 0 Å². The topological polar surface area (TPSA) is 70.9 Å². The summed E-state index contributed by atoms with van der Waals surface area (Å²) in [5, 5.41) is 4.45. The summed E-state index contributed by atoms with van der Waals surface area (Å²) < 4.78 is 7.43. The van der Waals surface area contributed by atoms with Gasteiger partial charge in [-0.05, 0) is 34.0 Å². The Labute approximate surface area is 158 Å². The van der Waals surface area contributed by atoms with E-state index in [1.807, 2.05) is 38.6 Å². The van der Waals surface area contributed by atoms with Gasteiger partial charge in [-0.3, -0.25) is 24.2 Å². The maximum absolute atomic E-state index is 12.6. The lowest BCUT2D eigenvalue weighted by atomic mass is 10.2. The SMILES string of the molecule is CSCN1CC(=O)N(c2cnn3c2CN(C(=O)OC(C)(C)C)[C@@H](C)C3)C1. The van der Waals surface area contributed by atoms with Crippen LogP contribution in [0.15, 0.2) is 6.20 Å². The highest BCUT2D eigenvalue weighted by atomic mass is 32.2. The minimum Gasteiger partial charge on any atom is -0.444 e. The van der Waals surface area contributed by atoms with E-state index in [-0.39, 0.29) is 18.0 Å². The number of thioether (sulfide) groups is 1. The van der Waals surface area contributed by atoms with Gasteiger partial charge in [0.15, 0.2) is 0 Å². The zero-order chi connectivity index (χ0) is 19.1. The molecule has 1 fully saturated rings. The van der Waals surface area contributed by atoms with E-state index in [9.17, 15) is 9.59 Å². The second-order valence-corrected chi connectivity index (χ2v) is 8.66. The van der Waals surface area contributed by atoms with E-state index in [1.54, 1.807) is 27.8 Å². The molecule has 3 heterocycles. The largest absolute Gasteiger partial charge is 0.444 e. The molecular formula is C17H27N5O3S. The molecule has 0 saturated carbocycles.